The van der Waals surface area contributed by atoms with Crippen LogP contribution in [-0.4, -0.2) is 61.7 Å². The van der Waals surface area contributed by atoms with Gasteiger partial charge in [0.25, 0.3) is 0 Å². The standard InChI is InChI=1S/2C18H16N2O4/c2*21-17-14-9-4-5-10-15(14)19-20-16(13-7-2-1-3-8-13)18(22)24-12-6-11-23-17/h2*1-5,7-10,19H,6,11-12H2/b2*20-16+. The molecule has 0 amide bonds. The minimum absolute atomic E-state index is 0.152. The summed E-state index contributed by atoms with van der Waals surface area (Å²) in [5.41, 5.74) is 8.77. The molecule has 0 spiro atoms. The molecule has 0 aromatic heterocycles. The van der Waals surface area contributed by atoms with Crippen LogP contribution in [0.15, 0.2) is 119 Å². The Hall–Kier alpha value is -6.30. The molecule has 0 unspecified atom stereocenters. The second-order valence-corrected chi connectivity index (χ2v) is 10.2. The number of cyclic esters (lactones) is 4. The van der Waals surface area contributed by atoms with Crippen LogP contribution in [0.4, 0.5) is 11.4 Å². The summed E-state index contributed by atoms with van der Waals surface area (Å²) in [6.45, 7) is 0.662. The Morgan fingerprint density at radius 2 is 0.750 bits per heavy atom. The van der Waals surface area contributed by atoms with E-state index < -0.39 is 23.9 Å². The molecule has 12 heteroatoms. The third-order valence-electron chi connectivity index (χ3n) is 6.86. The summed E-state index contributed by atoms with van der Waals surface area (Å²) in [6.07, 6.45) is 0.851. The molecule has 0 atom stereocenters. The summed E-state index contributed by atoms with van der Waals surface area (Å²) in [5.74, 6) is -1.95. The van der Waals surface area contributed by atoms with Gasteiger partial charge in [-0.05, 0) is 24.3 Å². The molecule has 2 heterocycles. The third-order valence-corrected chi connectivity index (χ3v) is 6.86. The zero-order valence-corrected chi connectivity index (χ0v) is 25.8. The number of carbonyl (C=O) groups excluding carboxylic acids is 4. The van der Waals surface area contributed by atoms with Crippen molar-refractivity contribution in [2.75, 3.05) is 37.3 Å². The molecule has 2 aliphatic rings. The lowest BCUT2D eigenvalue weighted by atomic mass is 10.1. The van der Waals surface area contributed by atoms with Gasteiger partial charge in [-0.15, -0.1) is 0 Å². The Balaban J connectivity index is 0.000000188. The third kappa shape index (κ3) is 8.91. The van der Waals surface area contributed by atoms with Gasteiger partial charge in [-0.25, -0.2) is 19.2 Å². The van der Waals surface area contributed by atoms with Crippen LogP contribution in [0, 0.1) is 0 Å². The molecule has 0 saturated carbocycles. The molecule has 6 rings (SSSR count). The van der Waals surface area contributed by atoms with E-state index >= 15 is 0 Å². The fourth-order valence-electron chi connectivity index (χ4n) is 4.47. The smallest absolute Gasteiger partial charge is 0.359 e. The predicted octanol–water partition coefficient (Wildman–Crippen LogP) is 5.21. The van der Waals surface area contributed by atoms with E-state index in [-0.39, 0.29) is 37.9 Å². The second-order valence-electron chi connectivity index (χ2n) is 10.2. The van der Waals surface area contributed by atoms with Gasteiger partial charge in [0.15, 0.2) is 11.4 Å². The van der Waals surface area contributed by atoms with Crippen LogP contribution in [0.1, 0.15) is 44.7 Å². The van der Waals surface area contributed by atoms with E-state index in [1.54, 1.807) is 72.8 Å². The first-order valence-electron chi connectivity index (χ1n) is 15.2. The van der Waals surface area contributed by atoms with E-state index in [1.165, 1.54) is 0 Å². The number of hydrazone groups is 2. The molecule has 4 aromatic carbocycles. The van der Waals surface area contributed by atoms with Gasteiger partial charge in [-0.2, -0.15) is 10.2 Å². The first kappa shape index (κ1) is 33.1. The van der Waals surface area contributed by atoms with Gasteiger partial charge in [-0.1, -0.05) is 84.9 Å². The summed E-state index contributed by atoms with van der Waals surface area (Å²) >= 11 is 0. The maximum absolute atomic E-state index is 12.3. The van der Waals surface area contributed by atoms with Crippen LogP contribution in [0.25, 0.3) is 0 Å². The zero-order chi connectivity index (χ0) is 33.6. The van der Waals surface area contributed by atoms with Crippen LogP contribution >= 0.6 is 0 Å². The van der Waals surface area contributed by atoms with E-state index in [2.05, 4.69) is 21.1 Å². The normalized spacial score (nSPS) is 17.8. The van der Waals surface area contributed by atoms with E-state index in [9.17, 15) is 19.2 Å². The van der Waals surface area contributed by atoms with Gasteiger partial charge < -0.3 is 18.9 Å². The van der Waals surface area contributed by atoms with Gasteiger partial charge in [0.2, 0.25) is 0 Å². The quantitative estimate of drug-likeness (QED) is 0.219. The van der Waals surface area contributed by atoms with Crippen molar-refractivity contribution in [3.63, 3.8) is 0 Å². The van der Waals surface area contributed by atoms with Crippen LogP contribution in [-0.2, 0) is 28.5 Å². The maximum atomic E-state index is 12.3. The highest BCUT2D eigenvalue weighted by Crippen LogP contribution is 2.19. The first-order valence-corrected chi connectivity index (χ1v) is 15.2. The summed E-state index contributed by atoms with van der Waals surface area (Å²) < 4.78 is 20.7. The Labute approximate surface area is 276 Å². The summed E-state index contributed by atoms with van der Waals surface area (Å²) in [6, 6.07) is 31.7. The van der Waals surface area contributed by atoms with Crippen LogP contribution in [0.5, 0.6) is 0 Å². The number of carbonyl (C=O) groups is 4. The molecular formula is C36H32N4O8. The summed E-state index contributed by atoms with van der Waals surface area (Å²) in [4.78, 5) is 48.9. The number of fused-ring (bicyclic) bond motifs is 2. The molecule has 0 bridgehead atoms. The molecular weight excluding hydrogens is 616 g/mol. The van der Waals surface area contributed by atoms with Crippen LogP contribution in [0.2, 0.25) is 0 Å². The number of hydrogen-bond acceptors (Lipinski definition) is 12. The van der Waals surface area contributed by atoms with Crippen molar-refractivity contribution in [1.82, 2.24) is 0 Å². The lowest BCUT2D eigenvalue weighted by Gasteiger charge is -2.13. The Morgan fingerprint density at radius 1 is 0.417 bits per heavy atom. The molecule has 0 saturated heterocycles. The Kier molecular flexibility index (Phi) is 11.6. The number of ether oxygens (including phenoxy) is 4. The number of rotatable bonds is 2. The van der Waals surface area contributed by atoms with Crippen molar-refractivity contribution >= 4 is 46.7 Å². The minimum Gasteiger partial charge on any atom is -0.462 e. The average molecular weight is 649 g/mol. The second kappa shape index (κ2) is 16.9. The van der Waals surface area contributed by atoms with E-state index in [0.717, 1.165) is 0 Å². The molecule has 4 aromatic rings. The monoisotopic (exact) mass is 648 g/mol. The van der Waals surface area contributed by atoms with Crippen molar-refractivity contribution < 1.29 is 38.1 Å². The van der Waals surface area contributed by atoms with Gasteiger partial charge >= 0.3 is 23.9 Å². The molecule has 244 valence electrons. The van der Waals surface area contributed by atoms with E-state index in [1.807, 2.05) is 36.4 Å². The van der Waals surface area contributed by atoms with Crippen molar-refractivity contribution in [3.05, 3.63) is 131 Å². The largest absolute Gasteiger partial charge is 0.462 e. The number of benzene rings is 4. The van der Waals surface area contributed by atoms with Crippen molar-refractivity contribution in [2.24, 2.45) is 10.2 Å². The van der Waals surface area contributed by atoms with Crippen molar-refractivity contribution in [3.8, 4) is 0 Å². The van der Waals surface area contributed by atoms with Crippen molar-refractivity contribution in [2.45, 2.75) is 12.8 Å². The van der Waals surface area contributed by atoms with Gasteiger partial charge in [0.1, 0.15) is 0 Å². The zero-order valence-electron chi connectivity index (χ0n) is 25.8. The number of nitrogens with one attached hydrogen (secondary N) is 2. The number of nitrogens with zero attached hydrogens (tertiary/aromatic N) is 2. The predicted molar refractivity (Wildman–Crippen MR) is 178 cm³/mol. The molecule has 12 nitrogen and oxygen atoms in total. The number of anilines is 2. The lowest BCUT2D eigenvalue weighted by Crippen LogP contribution is -2.22. The SMILES string of the molecule is O=C1OCCCOC(=O)c2ccccc2N/N=C/1c1ccccc1.O=C1OCCCOC(=O)c2ccccc2N/N=C/1c1ccccc1. The molecule has 0 aliphatic carbocycles. The highest BCUT2D eigenvalue weighted by atomic mass is 16.6. The molecule has 2 aliphatic heterocycles. The van der Waals surface area contributed by atoms with Gasteiger partial charge in [0.05, 0.1) is 48.9 Å². The Morgan fingerprint density at radius 3 is 1.15 bits per heavy atom. The topological polar surface area (TPSA) is 154 Å². The summed E-state index contributed by atoms with van der Waals surface area (Å²) in [7, 11) is 0. The van der Waals surface area contributed by atoms with Gasteiger partial charge in [0, 0.05) is 24.0 Å². The minimum atomic E-state index is -0.530. The number of hydrogen-bond donors (Lipinski definition) is 2. The highest BCUT2D eigenvalue weighted by Gasteiger charge is 2.20. The molecule has 2 N–H and O–H groups in total. The Bertz CT molecular complexity index is 1680. The molecule has 0 radical (unpaired) electrons. The average Bonchev–Trinajstić information content (AvgIpc) is 3.12. The first-order chi connectivity index (χ1) is 23.5. The van der Waals surface area contributed by atoms with Crippen LogP contribution < -0.4 is 10.9 Å². The van der Waals surface area contributed by atoms with Crippen LogP contribution in [0.3, 0.4) is 0 Å². The maximum Gasteiger partial charge on any atom is 0.359 e. The fraction of sp³-hybridized carbons (Fsp3) is 0.167. The highest BCUT2D eigenvalue weighted by molar-refractivity contribution is 6.44. The number of esters is 4. The lowest BCUT2D eigenvalue weighted by molar-refractivity contribution is -0.136. The van der Waals surface area contributed by atoms with Crippen molar-refractivity contribution in [1.29, 1.82) is 0 Å². The number of para-hydroxylation sites is 2. The van der Waals surface area contributed by atoms with E-state index in [4.69, 9.17) is 18.9 Å². The summed E-state index contributed by atoms with van der Waals surface area (Å²) in [5, 5.41) is 8.34. The van der Waals surface area contributed by atoms with E-state index in [0.29, 0.717) is 46.5 Å². The fourth-order valence-corrected chi connectivity index (χ4v) is 4.47. The molecule has 0 fully saturated rings. The molecule has 48 heavy (non-hydrogen) atoms. The van der Waals surface area contributed by atoms with Gasteiger partial charge in [-0.3, -0.25) is 10.9 Å².